The van der Waals surface area contributed by atoms with Gasteiger partial charge in [0, 0.05) is 23.3 Å². The lowest BCUT2D eigenvalue weighted by atomic mass is 10.2. The van der Waals surface area contributed by atoms with Crippen LogP contribution in [-0.4, -0.2) is 9.97 Å². The molecule has 12 heavy (non-hydrogen) atoms. The van der Waals surface area contributed by atoms with Crippen molar-refractivity contribution in [1.82, 2.24) is 9.97 Å². The van der Waals surface area contributed by atoms with Crippen molar-refractivity contribution in [2.75, 3.05) is 0 Å². The Morgan fingerprint density at radius 3 is 3.00 bits per heavy atom. The lowest BCUT2D eigenvalue weighted by Crippen LogP contribution is -1.89. The Balaban J connectivity index is 2.91. The Morgan fingerprint density at radius 1 is 1.33 bits per heavy atom. The summed E-state index contributed by atoms with van der Waals surface area (Å²) in [6.45, 7) is 2.05. The van der Waals surface area contributed by atoms with E-state index in [1.165, 1.54) is 0 Å². The van der Waals surface area contributed by atoms with Gasteiger partial charge in [-0.1, -0.05) is 0 Å². The van der Waals surface area contributed by atoms with Crippen LogP contribution in [0.5, 0.6) is 0 Å². The summed E-state index contributed by atoms with van der Waals surface area (Å²) in [5.41, 5.74) is 2.21. The van der Waals surface area contributed by atoms with Crippen LogP contribution in [0.15, 0.2) is 24.5 Å². The molecule has 0 N–H and O–H groups in total. The molecule has 3 heteroatoms. The Morgan fingerprint density at radius 2 is 2.17 bits per heavy atom. The van der Waals surface area contributed by atoms with E-state index in [1.807, 2.05) is 31.5 Å². The predicted molar refractivity (Wildman–Crippen MR) is 57.0 cm³/mol. The first-order chi connectivity index (χ1) is 5.79. The number of nitrogens with zero attached hydrogens (tertiary/aromatic N) is 2. The van der Waals surface area contributed by atoms with Gasteiger partial charge in [0.1, 0.15) is 3.70 Å². The molecule has 60 valence electrons. The molecule has 0 aliphatic carbocycles. The highest BCUT2D eigenvalue weighted by molar-refractivity contribution is 14.1. The zero-order valence-corrected chi connectivity index (χ0v) is 8.74. The third-order valence-corrected chi connectivity index (χ3v) is 2.91. The molecule has 0 saturated heterocycles. The van der Waals surface area contributed by atoms with E-state index in [-0.39, 0.29) is 0 Å². The smallest absolute Gasteiger partial charge is 0.106 e. The lowest BCUT2D eigenvalue weighted by molar-refractivity contribution is 1.22. The highest BCUT2D eigenvalue weighted by atomic mass is 127. The van der Waals surface area contributed by atoms with Crippen LogP contribution in [0, 0.1) is 10.6 Å². The van der Waals surface area contributed by atoms with Crippen LogP contribution in [0.25, 0.3) is 10.9 Å². The third kappa shape index (κ3) is 1.18. The van der Waals surface area contributed by atoms with Gasteiger partial charge in [0.05, 0.1) is 5.52 Å². The topological polar surface area (TPSA) is 25.8 Å². The molecule has 2 aromatic heterocycles. The molecule has 0 unspecified atom stereocenters. The molecule has 2 rings (SSSR count). The maximum Gasteiger partial charge on any atom is 0.106 e. The van der Waals surface area contributed by atoms with E-state index in [9.17, 15) is 0 Å². The van der Waals surface area contributed by atoms with Gasteiger partial charge in [-0.3, -0.25) is 4.98 Å². The molecule has 2 nitrogen and oxygen atoms in total. The molecule has 0 fully saturated rings. The van der Waals surface area contributed by atoms with Crippen molar-refractivity contribution in [2.24, 2.45) is 0 Å². The molecule has 0 saturated carbocycles. The number of aryl methyl sites for hydroxylation is 1. The fourth-order valence-corrected chi connectivity index (χ4v) is 1.55. The Hall–Kier alpha value is -0.710. The minimum atomic E-state index is 1.03. The van der Waals surface area contributed by atoms with Gasteiger partial charge in [-0.15, -0.1) is 0 Å². The number of hydrogen-bond donors (Lipinski definition) is 0. The van der Waals surface area contributed by atoms with E-state index in [0.717, 1.165) is 20.2 Å². The molecule has 0 amide bonds. The van der Waals surface area contributed by atoms with Crippen molar-refractivity contribution in [1.29, 1.82) is 0 Å². The quantitative estimate of drug-likeness (QED) is 0.543. The molecule has 0 bridgehead atoms. The first-order valence-corrected chi connectivity index (χ1v) is 4.73. The normalized spacial score (nSPS) is 10.5. The molecule has 0 aromatic carbocycles. The first-order valence-electron chi connectivity index (χ1n) is 3.65. The minimum absolute atomic E-state index is 1.03. The van der Waals surface area contributed by atoms with E-state index >= 15 is 0 Å². The van der Waals surface area contributed by atoms with Crippen LogP contribution >= 0.6 is 22.6 Å². The molecule has 2 aromatic rings. The van der Waals surface area contributed by atoms with Crippen molar-refractivity contribution in [3.8, 4) is 0 Å². The SMILES string of the molecule is Cc1c(I)ncc2cccnc12. The summed E-state index contributed by atoms with van der Waals surface area (Å²) < 4.78 is 1.03. The van der Waals surface area contributed by atoms with Crippen LogP contribution in [-0.2, 0) is 0 Å². The zero-order chi connectivity index (χ0) is 8.55. The fraction of sp³-hybridized carbons (Fsp3) is 0.111. The van der Waals surface area contributed by atoms with Gasteiger partial charge in [0.25, 0.3) is 0 Å². The summed E-state index contributed by atoms with van der Waals surface area (Å²) in [6.07, 6.45) is 3.67. The van der Waals surface area contributed by atoms with Crippen molar-refractivity contribution in [3.05, 3.63) is 33.8 Å². The number of hydrogen-bond acceptors (Lipinski definition) is 2. The Kier molecular flexibility index (Phi) is 1.96. The summed E-state index contributed by atoms with van der Waals surface area (Å²) in [6, 6.07) is 3.95. The largest absolute Gasteiger partial charge is 0.256 e. The second kappa shape index (κ2) is 2.97. The maximum absolute atomic E-state index is 4.30. The Bertz CT molecular complexity index is 426. The van der Waals surface area contributed by atoms with Gasteiger partial charge in [-0.05, 0) is 41.6 Å². The van der Waals surface area contributed by atoms with Crippen molar-refractivity contribution in [2.45, 2.75) is 6.92 Å². The molecule has 2 heterocycles. The summed E-state index contributed by atoms with van der Waals surface area (Å²) >= 11 is 2.22. The van der Waals surface area contributed by atoms with Crippen molar-refractivity contribution < 1.29 is 0 Å². The molecular weight excluding hydrogens is 263 g/mol. The van der Waals surface area contributed by atoms with E-state index in [4.69, 9.17) is 0 Å². The van der Waals surface area contributed by atoms with E-state index in [2.05, 4.69) is 32.6 Å². The number of aromatic nitrogens is 2. The second-order valence-electron chi connectivity index (χ2n) is 2.62. The molecule has 0 spiro atoms. The molecule has 0 radical (unpaired) electrons. The van der Waals surface area contributed by atoms with E-state index in [1.54, 1.807) is 0 Å². The summed E-state index contributed by atoms with van der Waals surface area (Å²) in [7, 11) is 0. The van der Waals surface area contributed by atoms with Gasteiger partial charge < -0.3 is 0 Å². The van der Waals surface area contributed by atoms with Gasteiger partial charge in [-0.2, -0.15) is 0 Å². The molecular formula is C9H7IN2. The minimum Gasteiger partial charge on any atom is -0.256 e. The van der Waals surface area contributed by atoms with Gasteiger partial charge in [-0.25, -0.2) is 4.98 Å². The molecule has 0 aliphatic heterocycles. The monoisotopic (exact) mass is 270 g/mol. The lowest BCUT2D eigenvalue weighted by Gasteiger charge is -2.00. The molecule has 0 atom stereocenters. The average Bonchev–Trinajstić information content (AvgIpc) is 2.12. The van der Waals surface area contributed by atoms with Crippen LogP contribution in [0.3, 0.4) is 0 Å². The zero-order valence-electron chi connectivity index (χ0n) is 6.58. The number of fused-ring (bicyclic) bond motifs is 1. The summed E-state index contributed by atoms with van der Waals surface area (Å²) in [5.74, 6) is 0. The fourth-order valence-electron chi connectivity index (χ4n) is 1.16. The highest BCUT2D eigenvalue weighted by Gasteiger charge is 2.01. The van der Waals surface area contributed by atoms with E-state index in [0.29, 0.717) is 0 Å². The number of rotatable bonds is 0. The second-order valence-corrected chi connectivity index (χ2v) is 3.64. The Labute approximate surface area is 84.2 Å². The van der Waals surface area contributed by atoms with Gasteiger partial charge in [0.15, 0.2) is 0 Å². The van der Waals surface area contributed by atoms with Crippen LogP contribution in [0.1, 0.15) is 5.56 Å². The third-order valence-electron chi connectivity index (χ3n) is 1.82. The van der Waals surface area contributed by atoms with Crippen LogP contribution in [0.4, 0.5) is 0 Å². The van der Waals surface area contributed by atoms with Gasteiger partial charge in [0.2, 0.25) is 0 Å². The highest BCUT2D eigenvalue weighted by Crippen LogP contribution is 2.17. The van der Waals surface area contributed by atoms with Crippen LogP contribution < -0.4 is 0 Å². The average molecular weight is 270 g/mol. The maximum atomic E-state index is 4.30. The number of halogens is 1. The predicted octanol–water partition coefficient (Wildman–Crippen LogP) is 2.54. The van der Waals surface area contributed by atoms with Crippen molar-refractivity contribution in [3.63, 3.8) is 0 Å². The summed E-state index contributed by atoms with van der Waals surface area (Å²) in [5, 5.41) is 1.11. The molecule has 0 aliphatic rings. The van der Waals surface area contributed by atoms with Gasteiger partial charge >= 0.3 is 0 Å². The standard InChI is InChI=1S/C9H7IN2/c1-6-8-7(3-2-4-11-8)5-12-9(6)10/h2-5H,1H3. The summed E-state index contributed by atoms with van der Waals surface area (Å²) in [4.78, 5) is 8.55. The first kappa shape index (κ1) is 7.91. The van der Waals surface area contributed by atoms with E-state index < -0.39 is 0 Å². The van der Waals surface area contributed by atoms with Crippen LogP contribution in [0.2, 0.25) is 0 Å². The number of pyridine rings is 2. The van der Waals surface area contributed by atoms with Crippen molar-refractivity contribution >= 4 is 33.5 Å².